The smallest absolute Gasteiger partial charge is 0.326 e. The summed E-state index contributed by atoms with van der Waals surface area (Å²) in [5.41, 5.74) is 2.70. The number of benzene rings is 1. The number of hydrogen-bond acceptors (Lipinski definition) is 2. The summed E-state index contributed by atoms with van der Waals surface area (Å²) in [6, 6.07) is 5.01. The third kappa shape index (κ3) is 2.35. The fraction of sp³-hybridized carbons (Fsp3) is 0.400. The first-order valence-corrected chi connectivity index (χ1v) is 6.63. The number of hydrogen-bond donors (Lipinski definition) is 1. The second-order valence-corrected chi connectivity index (χ2v) is 5.96. The summed E-state index contributed by atoms with van der Waals surface area (Å²) in [4.78, 5) is 13.3. The minimum Gasteiger partial charge on any atom is -0.480 e. The fourth-order valence-electron chi connectivity index (χ4n) is 2.84. The number of carboxylic acids is 1. The highest BCUT2D eigenvalue weighted by Crippen LogP contribution is 2.41. The highest BCUT2D eigenvalue weighted by molar-refractivity contribution is 6.31. The van der Waals surface area contributed by atoms with Gasteiger partial charge in [-0.15, -0.1) is 0 Å². The third-order valence-corrected chi connectivity index (χ3v) is 3.81. The van der Waals surface area contributed by atoms with Crippen molar-refractivity contribution in [1.29, 1.82) is 0 Å². The molecule has 4 heteroatoms. The van der Waals surface area contributed by atoms with E-state index in [0.717, 1.165) is 16.8 Å². The first-order chi connectivity index (χ1) is 8.74. The van der Waals surface area contributed by atoms with Gasteiger partial charge in [0.25, 0.3) is 0 Å². The largest absolute Gasteiger partial charge is 0.480 e. The van der Waals surface area contributed by atoms with Gasteiger partial charge in [-0.05, 0) is 45.4 Å². The van der Waals surface area contributed by atoms with Crippen molar-refractivity contribution in [2.45, 2.75) is 39.3 Å². The van der Waals surface area contributed by atoms with Gasteiger partial charge in [-0.2, -0.15) is 0 Å². The van der Waals surface area contributed by atoms with E-state index in [1.165, 1.54) is 0 Å². The number of fused-ring (bicyclic) bond motifs is 1. The van der Waals surface area contributed by atoms with Gasteiger partial charge in [-0.3, -0.25) is 0 Å². The van der Waals surface area contributed by atoms with Gasteiger partial charge in [0.05, 0.1) is 5.54 Å². The van der Waals surface area contributed by atoms with Gasteiger partial charge in [0.15, 0.2) is 0 Å². The van der Waals surface area contributed by atoms with Crippen molar-refractivity contribution in [2.75, 3.05) is 4.90 Å². The Balaban J connectivity index is 2.66. The molecule has 1 aliphatic rings. The molecule has 0 unspecified atom stereocenters. The van der Waals surface area contributed by atoms with Crippen LogP contribution in [0.2, 0.25) is 5.02 Å². The average Bonchev–Trinajstić information content (AvgIpc) is 2.26. The maximum absolute atomic E-state index is 11.4. The maximum atomic E-state index is 11.4. The normalized spacial score (nSPS) is 18.6. The SMILES string of the molecule is CC1=CC(C)(C)N([C@H](C)C(=O)O)c2cc(Cl)ccc21. The van der Waals surface area contributed by atoms with Crippen molar-refractivity contribution in [3.05, 3.63) is 34.9 Å². The number of aliphatic carboxylic acids is 1. The fourth-order valence-corrected chi connectivity index (χ4v) is 3.01. The summed E-state index contributed by atoms with van der Waals surface area (Å²) in [6.45, 7) is 7.76. The maximum Gasteiger partial charge on any atom is 0.326 e. The molecule has 0 saturated heterocycles. The Morgan fingerprint density at radius 1 is 1.42 bits per heavy atom. The Hall–Kier alpha value is -1.48. The van der Waals surface area contributed by atoms with E-state index in [4.69, 9.17) is 11.6 Å². The van der Waals surface area contributed by atoms with Crippen LogP contribution in [0, 0.1) is 0 Å². The zero-order valence-electron chi connectivity index (χ0n) is 11.6. The second-order valence-electron chi connectivity index (χ2n) is 5.53. The lowest BCUT2D eigenvalue weighted by Crippen LogP contribution is -2.53. The molecule has 1 aliphatic heterocycles. The van der Waals surface area contributed by atoms with Crippen molar-refractivity contribution < 1.29 is 9.90 Å². The number of allylic oxidation sites excluding steroid dienone is 1. The van der Waals surface area contributed by atoms with Crippen molar-refractivity contribution in [3.63, 3.8) is 0 Å². The number of carboxylic acid groups (broad SMARTS) is 1. The van der Waals surface area contributed by atoms with E-state index in [2.05, 4.69) is 6.08 Å². The van der Waals surface area contributed by atoms with Gasteiger partial charge in [-0.1, -0.05) is 23.7 Å². The van der Waals surface area contributed by atoms with Crippen LogP contribution in [0.1, 0.15) is 33.3 Å². The molecule has 0 amide bonds. The summed E-state index contributed by atoms with van der Waals surface area (Å²) < 4.78 is 0. The van der Waals surface area contributed by atoms with Gasteiger partial charge in [0, 0.05) is 16.3 Å². The van der Waals surface area contributed by atoms with Crippen molar-refractivity contribution >= 4 is 28.8 Å². The molecule has 2 rings (SSSR count). The molecule has 1 N–H and O–H groups in total. The Kier molecular flexibility index (Phi) is 3.35. The first kappa shape index (κ1) is 13.9. The van der Waals surface area contributed by atoms with Gasteiger partial charge >= 0.3 is 5.97 Å². The van der Waals surface area contributed by atoms with E-state index >= 15 is 0 Å². The van der Waals surface area contributed by atoms with Crippen LogP contribution in [0.5, 0.6) is 0 Å². The summed E-state index contributed by atoms with van der Waals surface area (Å²) in [6.07, 6.45) is 2.10. The molecule has 0 spiro atoms. The predicted molar refractivity (Wildman–Crippen MR) is 78.8 cm³/mol. The standard InChI is InChI=1S/C15H18ClNO2/c1-9-8-15(3,4)17(10(2)14(18)19)13-7-11(16)5-6-12(9)13/h5-8,10H,1-4H3,(H,18,19)/t10-/m1/s1. The van der Waals surface area contributed by atoms with E-state index in [9.17, 15) is 9.90 Å². The molecule has 1 atom stereocenters. The minimum atomic E-state index is -0.841. The number of rotatable bonds is 2. The van der Waals surface area contributed by atoms with Gasteiger partial charge in [0.2, 0.25) is 0 Å². The lowest BCUT2D eigenvalue weighted by Gasteiger charge is -2.45. The quantitative estimate of drug-likeness (QED) is 0.895. The molecule has 0 radical (unpaired) electrons. The number of carbonyl (C=O) groups is 1. The molecule has 0 fully saturated rings. The molecule has 102 valence electrons. The minimum absolute atomic E-state index is 0.362. The van der Waals surface area contributed by atoms with Crippen LogP contribution in [0.3, 0.4) is 0 Å². The summed E-state index contributed by atoms with van der Waals surface area (Å²) in [5.74, 6) is -0.841. The Bertz CT molecular complexity index is 563. The molecule has 1 aromatic carbocycles. The third-order valence-electron chi connectivity index (χ3n) is 3.58. The second kappa shape index (κ2) is 4.57. The van der Waals surface area contributed by atoms with Gasteiger partial charge in [0.1, 0.15) is 6.04 Å². The number of halogens is 1. The van der Waals surface area contributed by atoms with Gasteiger partial charge in [-0.25, -0.2) is 4.79 Å². The number of anilines is 1. The Morgan fingerprint density at radius 2 is 2.05 bits per heavy atom. The van der Waals surface area contributed by atoms with Crippen LogP contribution < -0.4 is 4.90 Å². The van der Waals surface area contributed by atoms with Crippen LogP contribution in [-0.2, 0) is 4.79 Å². The van der Waals surface area contributed by atoms with Crippen molar-refractivity contribution in [2.24, 2.45) is 0 Å². The molecule has 0 aromatic heterocycles. The van der Waals surface area contributed by atoms with E-state index in [-0.39, 0.29) is 5.54 Å². The van der Waals surface area contributed by atoms with Crippen LogP contribution in [0.15, 0.2) is 24.3 Å². The Labute approximate surface area is 118 Å². The Morgan fingerprint density at radius 3 is 2.63 bits per heavy atom. The van der Waals surface area contributed by atoms with E-state index in [0.29, 0.717) is 5.02 Å². The molecular formula is C15H18ClNO2. The molecule has 0 saturated carbocycles. The van der Waals surface area contributed by atoms with E-state index < -0.39 is 12.0 Å². The molecule has 19 heavy (non-hydrogen) atoms. The summed E-state index contributed by atoms with van der Waals surface area (Å²) in [5, 5.41) is 9.95. The topological polar surface area (TPSA) is 40.5 Å². The molecule has 0 bridgehead atoms. The van der Waals surface area contributed by atoms with Gasteiger partial charge < -0.3 is 10.0 Å². The molecule has 0 aliphatic carbocycles. The molecular weight excluding hydrogens is 262 g/mol. The van der Waals surface area contributed by atoms with E-state index in [1.807, 2.05) is 43.9 Å². The lowest BCUT2D eigenvalue weighted by atomic mass is 9.87. The van der Waals surface area contributed by atoms with Crippen LogP contribution in [-0.4, -0.2) is 22.7 Å². The molecule has 3 nitrogen and oxygen atoms in total. The summed E-state index contributed by atoms with van der Waals surface area (Å²) >= 11 is 6.07. The van der Waals surface area contributed by atoms with Crippen molar-refractivity contribution in [3.8, 4) is 0 Å². The lowest BCUT2D eigenvalue weighted by molar-refractivity contribution is -0.138. The first-order valence-electron chi connectivity index (χ1n) is 6.25. The average molecular weight is 280 g/mol. The molecule has 1 aromatic rings. The number of nitrogens with zero attached hydrogens (tertiary/aromatic N) is 1. The highest BCUT2D eigenvalue weighted by Gasteiger charge is 2.37. The highest BCUT2D eigenvalue weighted by atomic mass is 35.5. The van der Waals surface area contributed by atoms with E-state index in [1.54, 1.807) is 6.92 Å². The predicted octanol–water partition coefficient (Wildman–Crippen LogP) is 3.82. The van der Waals surface area contributed by atoms with Crippen LogP contribution >= 0.6 is 11.6 Å². The van der Waals surface area contributed by atoms with Crippen LogP contribution in [0.25, 0.3) is 5.57 Å². The zero-order valence-corrected chi connectivity index (χ0v) is 12.3. The van der Waals surface area contributed by atoms with Crippen molar-refractivity contribution in [1.82, 2.24) is 0 Å². The molecule has 1 heterocycles. The summed E-state index contributed by atoms with van der Waals surface area (Å²) in [7, 11) is 0. The zero-order chi connectivity index (χ0) is 14.4. The monoisotopic (exact) mass is 279 g/mol. The van der Waals surface area contributed by atoms with Crippen LogP contribution in [0.4, 0.5) is 5.69 Å².